The molecule has 0 unspecified atom stereocenters. The second-order valence-electron chi connectivity index (χ2n) is 4.56. The van der Waals surface area contributed by atoms with Gasteiger partial charge >= 0.3 is 5.97 Å². The highest BCUT2D eigenvalue weighted by Gasteiger charge is 2.24. The van der Waals surface area contributed by atoms with Crippen molar-refractivity contribution in [3.63, 3.8) is 0 Å². The Morgan fingerprint density at radius 1 is 1.19 bits per heavy atom. The number of carbonyl (C=O) groups excluding carboxylic acids is 1. The maximum Gasteiger partial charge on any atom is 0.337 e. The van der Waals surface area contributed by atoms with Crippen LogP contribution in [0.3, 0.4) is 0 Å². The van der Waals surface area contributed by atoms with E-state index >= 15 is 0 Å². The van der Waals surface area contributed by atoms with Crippen LogP contribution >= 0.6 is 31.9 Å². The summed E-state index contributed by atoms with van der Waals surface area (Å²) in [5, 5.41) is 1.28. The smallest absolute Gasteiger partial charge is 0.337 e. The van der Waals surface area contributed by atoms with Crippen LogP contribution in [0, 0.1) is 0 Å². The van der Waals surface area contributed by atoms with Crippen molar-refractivity contribution < 1.29 is 9.53 Å². The van der Waals surface area contributed by atoms with E-state index in [1.54, 1.807) is 0 Å². The summed E-state index contributed by atoms with van der Waals surface area (Å²) >= 11 is 7.06. The minimum atomic E-state index is -1.44. The van der Waals surface area contributed by atoms with Gasteiger partial charge in [0, 0.05) is 8.95 Å². The van der Waals surface area contributed by atoms with Gasteiger partial charge in [0.15, 0.2) is 0 Å². The summed E-state index contributed by atoms with van der Waals surface area (Å²) in [6.07, 6.45) is 0. The van der Waals surface area contributed by atoms with Crippen molar-refractivity contribution in [3.05, 3.63) is 26.6 Å². The fraction of sp³-hybridized carbons (Fsp3) is 0.364. The topological polar surface area (TPSA) is 26.3 Å². The molecule has 1 rings (SSSR count). The van der Waals surface area contributed by atoms with Crippen LogP contribution in [0.2, 0.25) is 19.6 Å². The van der Waals surface area contributed by atoms with Crippen LogP contribution in [0.1, 0.15) is 10.4 Å². The molecule has 0 amide bonds. The summed E-state index contributed by atoms with van der Waals surface area (Å²) in [6, 6.07) is 3.65. The third-order valence-electron chi connectivity index (χ3n) is 2.21. The molecular weight excluding hydrogens is 352 g/mol. The van der Waals surface area contributed by atoms with Crippen molar-refractivity contribution in [2.75, 3.05) is 7.11 Å². The summed E-state index contributed by atoms with van der Waals surface area (Å²) in [7, 11) is -0.0507. The minimum Gasteiger partial charge on any atom is -0.465 e. The van der Waals surface area contributed by atoms with Crippen molar-refractivity contribution in [3.8, 4) is 0 Å². The lowest BCUT2D eigenvalue weighted by Gasteiger charge is -2.21. The van der Waals surface area contributed by atoms with Crippen molar-refractivity contribution in [1.82, 2.24) is 0 Å². The average Bonchev–Trinajstić information content (AvgIpc) is 2.13. The monoisotopic (exact) mass is 364 g/mol. The first-order chi connectivity index (χ1) is 7.27. The van der Waals surface area contributed by atoms with Crippen LogP contribution < -0.4 is 5.19 Å². The molecule has 0 saturated heterocycles. The van der Waals surface area contributed by atoms with Gasteiger partial charge in [-0.15, -0.1) is 0 Å². The van der Waals surface area contributed by atoms with Crippen molar-refractivity contribution >= 4 is 51.1 Å². The van der Waals surface area contributed by atoms with Gasteiger partial charge in [-0.25, -0.2) is 4.79 Å². The van der Waals surface area contributed by atoms with Crippen LogP contribution in [-0.4, -0.2) is 21.2 Å². The molecule has 2 nitrogen and oxygen atoms in total. The van der Waals surface area contributed by atoms with E-state index < -0.39 is 8.07 Å². The van der Waals surface area contributed by atoms with E-state index in [4.69, 9.17) is 4.74 Å². The number of esters is 1. The van der Waals surface area contributed by atoms with E-state index in [1.807, 2.05) is 12.1 Å². The molecule has 0 radical (unpaired) electrons. The molecule has 0 aromatic heterocycles. The van der Waals surface area contributed by atoms with Gasteiger partial charge in [0.2, 0.25) is 0 Å². The lowest BCUT2D eigenvalue weighted by Crippen LogP contribution is -2.39. The van der Waals surface area contributed by atoms with Gasteiger partial charge in [0.1, 0.15) is 0 Å². The lowest BCUT2D eigenvalue weighted by molar-refractivity contribution is 0.0600. The Balaban J connectivity index is 3.34. The second-order valence-corrected chi connectivity index (χ2v) is 11.3. The number of methoxy groups -OCH3 is 1. The SMILES string of the molecule is COC(=O)c1cc(Br)c([Si](C)(C)C)c(Br)c1. The van der Waals surface area contributed by atoms with Gasteiger partial charge in [0.05, 0.1) is 20.7 Å². The van der Waals surface area contributed by atoms with Gasteiger partial charge in [0.25, 0.3) is 0 Å². The summed E-state index contributed by atoms with van der Waals surface area (Å²) in [5.74, 6) is -0.316. The summed E-state index contributed by atoms with van der Waals surface area (Å²) < 4.78 is 6.65. The van der Waals surface area contributed by atoms with Crippen LogP contribution in [0.4, 0.5) is 0 Å². The summed E-state index contributed by atoms with van der Waals surface area (Å²) in [4.78, 5) is 11.4. The van der Waals surface area contributed by atoms with Crippen LogP contribution in [0.5, 0.6) is 0 Å². The van der Waals surface area contributed by atoms with Gasteiger partial charge in [-0.2, -0.15) is 0 Å². The van der Waals surface area contributed by atoms with Gasteiger partial charge in [-0.1, -0.05) is 51.5 Å². The number of benzene rings is 1. The molecule has 0 N–H and O–H groups in total. The zero-order valence-corrected chi connectivity index (χ0v) is 13.9. The molecule has 0 atom stereocenters. The Hall–Kier alpha value is -0.133. The summed E-state index contributed by atoms with van der Waals surface area (Å²) in [6.45, 7) is 6.78. The number of rotatable bonds is 2. The van der Waals surface area contributed by atoms with E-state index in [9.17, 15) is 4.79 Å². The maximum absolute atomic E-state index is 11.4. The van der Waals surface area contributed by atoms with Gasteiger partial charge in [-0.3, -0.25) is 0 Å². The zero-order valence-electron chi connectivity index (χ0n) is 9.73. The van der Waals surface area contributed by atoms with Crippen LogP contribution in [0.25, 0.3) is 0 Å². The van der Waals surface area contributed by atoms with Crippen LogP contribution in [0.15, 0.2) is 21.1 Å². The second kappa shape index (κ2) is 5.02. The quantitative estimate of drug-likeness (QED) is 0.591. The molecule has 0 aliphatic carbocycles. The molecule has 0 aliphatic heterocycles. The predicted molar refractivity (Wildman–Crippen MR) is 76.2 cm³/mol. The molecule has 0 spiro atoms. The van der Waals surface area contributed by atoms with Crippen molar-refractivity contribution in [1.29, 1.82) is 0 Å². The molecular formula is C11H14Br2O2Si. The normalized spacial score (nSPS) is 11.4. The zero-order chi connectivity index (χ0) is 12.5. The fourth-order valence-electron chi connectivity index (χ4n) is 1.53. The number of carbonyl (C=O) groups is 1. The maximum atomic E-state index is 11.4. The standard InChI is InChI=1S/C11H14Br2O2Si/c1-15-11(14)7-5-8(12)10(9(13)6-7)16(2,3)4/h5-6H,1-4H3. The molecule has 0 bridgehead atoms. The van der Waals surface area contributed by atoms with E-state index in [-0.39, 0.29) is 5.97 Å². The van der Waals surface area contributed by atoms with Crippen LogP contribution in [-0.2, 0) is 4.74 Å². The highest BCUT2D eigenvalue weighted by atomic mass is 79.9. The third kappa shape index (κ3) is 2.96. The van der Waals surface area contributed by atoms with E-state index in [2.05, 4.69) is 51.5 Å². The number of hydrogen-bond acceptors (Lipinski definition) is 2. The largest absolute Gasteiger partial charge is 0.465 e. The highest BCUT2D eigenvalue weighted by Crippen LogP contribution is 2.23. The van der Waals surface area contributed by atoms with E-state index in [1.165, 1.54) is 12.3 Å². The Labute approximate surface area is 114 Å². The Morgan fingerprint density at radius 2 is 1.62 bits per heavy atom. The number of ether oxygens (including phenoxy) is 1. The molecule has 1 aromatic rings. The average molecular weight is 366 g/mol. The first kappa shape index (κ1) is 13.9. The lowest BCUT2D eigenvalue weighted by atomic mass is 10.2. The first-order valence-corrected chi connectivity index (χ1v) is 9.94. The Bertz CT molecular complexity index is 401. The molecule has 1 aromatic carbocycles. The minimum absolute atomic E-state index is 0.316. The van der Waals surface area contributed by atoms with Gasteiger partial charge in [-0.05, 0) is 17.3 Å². The Morgan fingerprint density at radius 3 is 1.94 bits per heavy atom. The predicted octanol–water partition coefficient (Wildman–Crippen LogP) is 3.54. The highest BCUT2D eigenvalue weighted by molar-refractivity contribution is 9.11. The molecule has 5 heteroatoms. The molecule has 0 aliphatic rings. The first-order valence-electron chi connectivity index (χ1n) is 4.85. The fourth-order valence-corrected chi connectivity index (χ4v) is 7.86. The molecule has 16 heavy (non-hydrogen) atoms. The number of halogens is 2. The van der Waals surface area contributed by atoms with Crippen molar-refractivity contribution in [2.45, 2.75) is 19.6 Å². The van der Waals surface area contributed by atoms with Crippen molar-refractivity contribution in [2.24, 2.45) is 0 Å². The molecule has 0 saturated carbocycles. The molecule has 88 valence electrons. The third-order valence-corrected chi connectivity index (χ3v) is 6.23. The Kier molecular flexibility index (Phi) is 4.37. The summed E-state index contributed by atoms with van der Waals surface area (Å²) in [5.41, 5.74) is 0.559. The molecule has 0 heterocycles. The molecule has 0 fully saturated rings. The van der Waals surface area contributed by atoms with E-state index in [0.717, 1.165) is 8.95 Å². The number of hydrogen-bond donors (Lipinski definition) is 0. The van der Waals surface area contributed by atoms with E-state index in [0.29, 0.717) is 5.56 Å². The van der Waals surface area contributed by atoms with Gasteiger partial charge < -0.3 is 4.74 Å².